The summed E-state index contributed by atoms with van der Waals surface area (Å²) in [6.07, 6.45) is 0.528. The maximum atomic E-state index is 12.2. The van der Waals surface area contributed by atoms with Gasteiger partial charge in [-0.1, -0.05) is 0 Å². The van der Waals surface area contributed by atoms with E-state index in [-0.39, 0.29) is 30.6 Å². The molecule has 1 aromatic carbocycles. The molecule has 1 amide bonds. The van der Waals surface area contributed by atoms with Crippen LogP contribution in [0.3, 0.4) is 0 Å². The molecule has 1 unspecified atom stereocenters. The zero-order valence-corrected chi connectivity index (χ0v) is 13.3. The minimum absolute atomic E-state index is 0.000754. The molecule has 1 atom stereocenters. The van der Waals surface area contributed by atoms with Crippen LogP contribution in [-0.4, -0.2) is 48.9 Å². The molecule has 1 aromatic rings. The molecule has 1 aliphatic rings. The average molecular weight is 304 g/mol. The quantitative estimate of drug-likeness (QED) is 0.815. The lowest BCUT2D eigenvalue weighted by Crippen LogP contribution is -2.52. The summed E-state index contributed by atoms with van der Waals surface area (Å²) in [6, 6.07) is 7.28. The molecule has 5 nitrogen and oxygen atoms in total. The monoisotopic (exact) mass is 304 g/mol. The van der Waals surface area contributed by atoms with Gasteiger partial charge >= 0.3 is 0 Å². The van der Waals surface area contributed by atoms with E-state index in [2.05, 4.69) is 5.32 Å². The second-order valence-corrected chi connectivity index (χ2v) is 5.52. The van der Waals surface area contributed by atoms with Crippen molar-refractivity contribution in [2.24, 2.45) is 0 Å². The van der Waals surface area contributed by atoms with Gasteiger partial charge in [0, 0.05) is 44.1 Å². The Hall–Kier alpha value is -1.88. The summed E-state index contributed by atoms with van der Waals surface area (Å²) in [4.78, 5) is 26.2. The number of nitrogens with zero attached hydrogens (tertiary/aromatic N) is 1. The Balaban J connectivity index is 1.85. The zero-order valence-electron chi connectivity index (χ0n) is 13.3. The minimum Gasteiger partial charge on any atom is -0.494 e. The van der Waals surface area contributed by atoms with Crippen LogP contribution in [0.15, 0.2) is 24.3 Å². The Labute approximate surface area is 131 Å². The van der Waals surface area contributed by atoms with E-state index in [4.69, 9.17) is 4.74 Å². The lowest BCUT2D eigenvalue weighted by molar-refractivity contribution is -0.133. The predicted molar refractivity (Wildman–Crippen MR) is 85.2 cm³/mol. The lowest BCUT2D eigenvalue weighted by atomic mass is 10.1. The first-order chi connectivity index (χ1) is 10.6. The van der Waals surface area contributed by atoms with Crippen molar-refractivity contribution in [3.05, 3.63) is 29.8 Å². The van der Waals surface area contributed by atoms with E-state index in [1.807, 2.05) is 18.7 Å². The van der Waals surface area contributed by atoms with Crippen LogP contribution in [0, 0.1) is 0 Å². The van der Waals surface area contributed by atoms with Crippen LogP contribution in [0.5, 0.6) is 5.75 Å². The van der Waals surface area contributed by atoms with Crippen molar-refractivity contribution < 1.29 is 14.3 Å². The highest BCUT2D eigenvalue weighted by Crippen LogP contribution is 2.15. The number of rotatable bonds is 6. The predicted octanol–water partition coefficient (Wildman–Crippen LogP) is 1.87. The number of piperazine rings is 1. The molecule has 0 spiro atoms. The molecule has 1 heterocycles. The molecule has 0 aliphatic carbocycles. The van der Waals surface area contributed by atoms with Crippen LogP contribution in [-0.2, 0) is 4.79 Å². The fraction of sp³-hybridized carbons (Fsp3) is 0.529. The number of carbonyl (C=O) groups excluding carboxylic acids is 2. The Morgan fingerprint density at radius 1 is 1.27 bits per heavy atom. The molecule has 0 saturated carbocycles. The molecule has 1 aliphatic heterocycles. The van der Waals surface area contributed by atoms with Crippen LogP contribution >= 0.6 is 0 Å². The number of carbonyl (C=O) groups is 2. The van der Waals surface area contributed by atoms with Crippen LogP contribution in [0.1, 0.15) is 37.0 Å². The highest BCUT2D eigenvalue weighted by molar-refractivity contribution is 5.98. The summed E-state index contributed by atoms with van der Waals surface area (Å²) in [7, 11) is 0. The summed E-state index contributed by atoms with van der Waals surface area (Å²) in [6.45, 7) is 6.91. The summed E-state index contributed by atoms with van der Waals surface area (Å²) < 4.78 is 5.35. The van der Waals surface area contributed by atoms with Gasteiger partial charge in [0.05, 0.1) is 6.61 Å². The van der Waals surface area contributed by atoms with Gasteiger partial charge in [-0.05, 0) is 38.1 Å². The van der Waals surface area contributed by atoms with E-state index in [1.54, 1.807) is 24.3 Å². The standard InChI is InChI=1S/C17H24N2O3/c1-3-22-15-6-4-14(5-7-15)16(20)8-9-17(21)19-11-10-18-12-13(19)2/h4-7,13,18H,3,8-12H2,1-2H3. The van der Waals surface area contributed by atoms with E-state index in [0.29, 0.717) is 12.2 Å². The molecule has 1 N–H and O–H groups in total. The van der Waals surface area contributed by atoms with Gasteiger partial charge in [-0.15, -0.1) is 0 Å². The molecule has 0 aromatic heterocycles. The topological polar surface area (TPSA) is 58.6 Å². The summed E-state index contributed by atoms with van der Waals surface area (Å²) in [5, 5.41) is 3.25. The maximum absolute atomic E-state index is 12.2. The van der Waals surface area contributed by atoms with Crippen molar-refractivity contribution in [3.63, 3.8) is 0 Å². The maximum Gasteiger partial charge on any atom is 0.223 e. The van der Waals surface area contributed by atoms with Crippen molar-refractivity contribution >= 4 is 11.7 Å². The molecule has 0 radical (unpaired) electrons. The summed E-state index contributed by atoms with van der Waals surface area (Å²) in [5.74, 6) is 0.817. The largest absolute Gasteiger partial charge is 0.494 e. The first-order valence-electron chi connectivity index (χ1n) is 7.88. The zero-order chi connectivity index (χ0) is 15.9. The molecule has 120 valence electrons. The smallest absolute Gasteiger partial charge is 0.223 e. The van der Waals surface area contributed by atoms with E-state index in [1.165, 1.54) is 0 Å². The number of Topliss-reactive ketones (excluding diaryl/α,β-unsaturated/α-hetero) is 1. The van der Waals surface area contributed by atoms with Gasteiger partial charge in [-0.3, -0.25) is 9.59 Å². The molecular formula is C17H24N2O3. The van der Waals surface area contributed by atoms with Gasteiger partial charge in [0.25, 0.3) is 0 Å². The lowest BCUT2D eigenvalue weighted by Gasteiger charge is -2.34. The van der Waals surface area contributed by atoms with Crippen LogP contribution in [0.25, 0.3) is 0 Å². The molecule has 5 heteroatoms. The van der Waals surface area contributed by atoms with Crippen LogP contribution in [0.2, 0.25) is 0 Å². The average Bonchev–Trinajstić information content (AvgIpc) is 2.54. The summed E-state index contributed by atoms with van der Waals surface area (Å²) >= 11 is 0. The molecule has 0 bridgehead atoms. The van der Waals surface area contributed by atoms with Crippen molar-refractivity contribution in [1.82, 2.24) is 10.2 Å². The Kier molecular flexibility index (Phi) is 5.95. The molecule has 1 saturated heterocycles. The third kappa shape index (κ3) is 4.31. The van der Waals surface area contributed by atoms with Gasteiger partial charge in [0.2, 0.25) is 5.91 Å². The highest BCUT2D eigenvalue weighted by atomic mass is 16.5. The normalized spacial score (nSPS) is 18.1. The van der Waals surface area contributed by atoms with Gasteiger partial charge < -0.3 is 15.0 Å². The summed E-state index contributed by atoms with van der Waals surface area (Å²) in [5.41, 5.74) is 0.629. The minimum atomic E-state index is -0.000754. The van der Waals surface area contributed by atoms with Crippen molar-refractivity contribution in [1.29, 1.82) is 0 Å². The van der Waals surface area contributed by atoms with Crippen molar-refractivity contribution in [2.45, 2.75) is 32.7 Å². The van der Waals surface area contributed by atoms with Crippen LogP contribution in [0.4, 0.5) is 0 Å². The van der Waals surface area contributed by atoms with Gasteiger partial charge in [0.1, 0.15) is 5.75 Å². The first kappa shape index (κ1) is 16.5. The molecule has 2 rings (SSSR count). The second kappa shape index (κ2) is 7.94. The van der Waals surface area contributed by atoms with Gasteiger partial charge in [0.15, 0.2) is 5.78 Å². The third-order valence-electron chi connectivity index (χ3n) is 3.87. The van der Waals surface area contributed by atoms with Crippen LogP contribution < -0.4 is 10.1 Å². The number of ether oxygens (including phenoxy) is 1. The number of benzene rings is 1. The first-order valence-corrected chi connectivity index (χ1v) is 7.88. The fourth-order valence-electron chi connectivity index (χ4n) is 2.62. The van der Waals surface area contributed by atoms with Gasteiger partial charge in [-0.2, -0.15) is 0 Å². The van der Waals surface area contributed by atoms with Crippen molar-refractivity contribution in [2.75, 3.05) is 26.2 Å². The molecule has 22 heavy (non-hydrogen) atoms. The highest BCUT2D eigenvalue weighted by Gasteiger charge is 2.23. The van der Waals surface area contributed by atoms with Crippen molar-refractivity contribution in [3.8, 4) is 5.75 Å². The Morgan fingerprint density at radius 3 is 2.64 bits per heavy atom. The Bertz CT molecular complexity index is 513. The number of ketones is 1. The second-order valence-electron chi connectivity index (χ2n) is 5.52. The molecular weight excluding hydrogens is 280 g/mol. The number of nitrogens with one attached hydrogen (secondary N) is 1. The Morgan fingerprint density at radius 2 is 2.00 bits per heavy atom. The fourth-order valence-corrected chi connectivity index (χ4v) is 2.62. The van der Waals surface area contributed by atoms with E-state index >= 15 is 0 Å². The van der Waals surface area contributed by atoms with Gasteiger partial charge in [-0.25, -0.2) is 0 Å². The van der Waals surface area contributed by atoms with E-state index in [9.17, 15) is 9.59 Å². The third-order valence-corrected chi connectivity index (χ3v) is 3.87. The number of hydrogen-bond donors (Lipinski definition) is 1. The van der Waals surface area contributed by atoms with E-state index < -0.39 is 0 Å². The number of amides is 1. The number of hydrogen-bond acceptors (Lipinski definition) is 4. The van der Waals surface area contributed by atoms with E-state index in [0.717, 1.165) is 25.4 Å². The SMILES string of the molecule is CCOc1ccc(C(=O)CCC(=O)N2CCNCC2C)cc1. The molecule has 1 fully saturated rings.